The molecule has 3 heterocycles. The molecule has 2 aromatic rings. The third-order valence-electron chi connectivity index (χ3n) is 5.50. The van der Waals surface area contributed by atoms with Crippen molar-refractivity contribution in [2.45, 2.75) is 38.0 Å². The Kier molecular flexibility index (Phi) is 4.72. The van der Waals surface area contributed by atoms with Crippen molar-refractivity contribution in [1.82, 2.24) is 15.1 Å². The molecule has 1 N–H and O–H groups in total. The Balaban J connectivity index is 1.54. The standard InChI is InChI=1S/C20H26N4O/c25-20(24-14-6-7-16(15-24)18-10-11-21-22-18)17-8-2-3-9-19(17)23-12-4-1-5-13-23/h2-3,8-11,16H,1,4-7,12-15H2,(H,21,22)/t16-/m1/s1. The Labute approximate surface area is 149 Å². The summed E-state index contributed by atoms with van der Waals surface area (Å²) < 4.78 is 0. The van der Waals surface area contributed by atoms with Gasteiger partial charge in [-0.3, -0.25) is 9.89 Å². The van der Waals surface area contributed by atoms with E-state index in [1.165, 1.54) is 19.3 Å². The minimum atomic E-state index is 0.172. The second-order valence-electron chi connectivity index (χ2n) is 7.17. The molecule has 0 radical (unpaired) electrons. The number of aromatic amines is 1. The number of aromatic nitrogens is 2. The number of rotatable bonds is 3. The molecule has 1 atom stereocenters. The van der Waals surface area contributed by atoms with E-state index < -0.39 is 0 Å². The zero-order valence-electron chi connectivity index (χ0n) is 14.7. The van der Waals surface area contributed by atoms with Crippen molar-refractivity contribution in [2.24, 2.45) is 0 Å². The van der Waals surface area contributed by atoms with E-state index >= 15 is 0 Å². The molecule has 2 fully saturated rings. The molecule has 1 aromatic carbocycles. The van der Waals surface area contributed by atoms with Crippen LogP contribution in [-0.4, -0.2) is 47.2 Å². The number of carbonyl (C=O) groups excluding carboxylic acids is 1. The zero-order chi connectivity index (χ0) is 17.1. The summed E-state index contributed by atoms with van der Waals surface area (Å²) in [5, 5.41) is 7.14. The number of hydrogen-bond donors (Lipinski definition) is 1. The van der Waals surface area contributed by atoms with Gasteiger partial charge >= 0.3 is 0 Å². The van der Waals surface area contributed by atoms with Gasteiger partial charge in [-0.15, -0.1) is 0 Å². The third kappa shape index (κ3) is 3.41. The molecule has 5 heteroatoms. The Morgan fingerprint density at radius 1 is 1.04 bits per heavy atom. The molecule has 4 rings (SSSR count). The highest BCUT2D eigenvalue weighted by molar-refractivity contribution is 6.00. The lowest BCUT2D eigenvalue weighted by molar-refractivity contribution is 0.0706. The lowest BCUT2D eigenvalue weighted by atomic mass is 9.94. The first-order valence-electron chi connectivity index (χ1n) is 9.45. The van der Waals surface area contributed by atoms with Crippen molar-refractivity contribution in [2.75, 3.05) is 31.1 Å². The Morgan fingerprint density at radius 3 is 2.68 bits per heavy atom. The van der Waals surface area contributed by atoms with Gasteiger partial charge < -0.3 is 9.80 Å². The van der Waals surface area contributed by atoms with Gasteiger partial charge in [0.1, 0.15) is 0 Å². The van der Waals surface area contributed by atoms with Crippen LogP contribution in [0.25, 0.3) is 0 Å². The summed E-state index contributed by atoms with van der Waals surface area (Å²) in [5.74, 6) is 0.535. The second kappa shape index (κ2) is 7.30. The van der Waals surface area contributed by atoms with Crippen molar-refractivity contribution >= 4 is 11.6 Å². The first-order valence-corrected chi connectivity index (χ1v) is 9.45. The largest absolute Gasteiger partial charge is 0.371 e. The minimum absolute atomic E-state index is 0.172. The van der Waals surface area contributed by atoms with E-state index in [0.717, 1.165) is 56.0 Å². The summed E-state index contributed by atoms with van der Waals surface area (Å²) in [6.45, 7) is 3.73. The number of hydrogen-bond acceptors (Lipinski definition) is 3. The number of likely N-dealkylation sites (tertiary alicyclic amines) is 1. The van der Waals surface area contributed by atoms with Gasteiger partial charge in [0.25, 0.3) is 5.91 Å². The van der Waals surface area contributed by atoms with Crippen LogP contribution in [0.3, 0.4) is 0 Å². The fourth-order valence-corrected chi connectivity index (χ4v) is 4.14. The first-order chi connectivity index (χ1) is 12.3. The molecule has 0 spiro atoms. The van der Waals surface area contributed by atoms with Gasteiger partial charge in [-0.25, -0.2) is 0 Å². The van der Waals surface area contributed by atoms with Crippen LogP contribution in [0, 0.1) is 0 Å². The lowest BCUT2D eigenvalue weighted by Crippen LogP contribution is -2.40. The fraction of sp³-hybridized carbons (Fsp3) is 0.500. The van der Waals surface area contributed by atoms with Crippen LogP contribution in [0.1, 0.15) is 54.1 Å². The van der Waals surface area contributed by atoms with E-state index in [4.69, 9.17) is 0 Å². The van der Waals surface area contributed by atoms with Crippen LogP contribution in [0.15, 0.2) is 36.5 Å². The van der Waals surface area contributed by atoms with Crippen molar-refractivity contribution in [3.05, 3.63) is 47.8 Å². The maximum absolute atomic E-state index is 13.3. The third-order valence-corrected chi connectivity index (χ3v) is 5.50. The van der Waals surface area contributed by atoms with Crippen molar-refractivity contribution < 1.29 is 4.79 Å². The van der Waals surface area contributed by atoms with Gasteiger partial charge in [0.15, 0.2) is 0 Å². The minimum Gasteiger partial charge on any atom is -0.371 e. The van der Waals surface area contributed by atoms with E-state index in [2.05, 4.69) is 21.2 Å². The van der Waals surface area contributed by atoms with E-state index in [0.29, 0.717) is 5.92 Å². The van der Waals surface area contributed by atoms with Crippen molar-refractivity contribution in [1.29, 1.82) is 0 Å². The van der Waals surface area contributed by atoms with Gasteiger partial charge in [-0.05, 0) is 50.3 Å². The molecule has 1 aromatic heterocycles. The van der Waals surface area contributed by atoms with Crippen LogP contribution in [0.2, 0.25) is 0 Å². The van der Waals surface area contributed by atoms with E-state index in [-0.39, 0.29) is 5.91 Å². The SMILES string of the molecule is O=C(c1ccccc1N1CCCCC1)N1CCC[C@@H](c2ccn[nH]2)C1. The summed E-state index contributed by atoms with van der Waals surface area (Å²) in [5.41, 5.74) is 3.10. The molecule has 0 bridgehead atoms. The van der Waals surface area contributed by atoms with Crippen LogP contribution < -0.4 is 4.90 Å². The van der Waals surface area contributed by atoms with Gasteiger partial charge in [-0.2, -0.15) is 5.10 Å². The highest BCUT2D eigenvalue weighted by Gasteiger charge is 2.28. The highest BCUT2D eigenvalue weighted by atomic mass is 16.2. The molecular weight excluding hydrogens is 312 g/mol. The Bertz CT molecular complexity index is 706. The molecule has 25 heavy (non-hydrogen) atoms. The molecule has 5 nitrogen and oxygen atoms in total. The molecule has 0 aliphatic carbocycles. The Hall–Kier alpha value is -2.30. The topological polar surface area (TPSA) is 52.2 Å². The molecule has 2 aliphatic rings. The normalized spacial score (nSPS) is 21.4. The van der Waals surface area contributed by atoms with Crippen LogP contribution >= 0.6 is 0 Å². The number of nitrogens with zero attached hydrogens (tertiary/aromatic N) is 3. The maximum atomic E-state index is 13.3. The number of benzene rings is 1. The number of amides is 1. The fourth-order valence-electron chi connectivity index (χ4n) is 4.14. The van der Waals surface area contributed by atoms with E-state index in [1.54, 1.807) is 6.20 Å². The smallest absolute Gasteiger partial charge is 0.255 e. The average Bonchev–Trinajstić information content (AvgIpc) is 3.23. The van der Waals surface area contributed by atoms with Crippen molar-refractivity contribution in [3.63, 3.8) is 0 Å². The highest BCUT2D eigenvalue weighted by Crippen LogP contribution is 2.29. The molecule has 2 saturated heterocycles. The molecule has 0 saturated carbocycles. The average molecular weight is 338 g/mol. The maximum Gasteiger partial charge on any atom is 0.255 e. The number of para-hydroxylation sites is 1. The molecule has 1 amide bonds. The zero-order valence-corrected chi connectivity index (χ0v) is 14.7. The summed E-state index contributed by atoms with van der Waals surface area (Å²) in [6.07, 6.45) is 7.68. The van der Waals surface area contributed by atoms with Crippen LogP contribution in [-0.2, 0) is 0 Å². The predicted molar refractivity (Wildman–Crippen MR) is 99.0 cm³/mol. The summed E-state index contributed by atoms with van der Waals surface area (Å²) >= 11 is 0. The summed E-state index contributed by atoms with van der Waals surface area (Å²) in [6, 6.07) is 10.2. The number of H-pyrrole nitrogens is 1. The number of anilines is 1. The van der Waals surface area contributed by atoms with Crippen molar-refractivity contribution in [3.8, 4) is 0 Å². The first kappa shape index (κ1) is 16.2. The number of carbonyl (C=O) groups is 1. The summed E-state index contributed by atoms with van der Waals surface area (Å²) in [7, 11) is 0. The molecule has 2 aliphatic heterocycles. The van der Waals surface area contributed by atoms with E-state index in [1.807, 2.05) is 29.2 Å². The Morgan fingerprint density at radius 2 is 1.88 bits per heavy atom. The monoisotopic (exact) mass is 338 g/mol. The summed E-state index contributed by atoms with van der Waals surface area (Å²) in [4.78, 5) is 17.7. The molecule has 132 valence electrons. The number of nitrogens with one attached hydrogen (secondary N) is 1. The lowest BCUT2D eigenvalue weighted by Gasteiger charge is -2.35. The molecule has 0 unspecified atom stereocenters. The second-order valence-corrected chi connectivity index (χ2v) is 7.17. The van der Waals surface area contributed by atoms with Gasteiger partial charge in [0.2, 0.25) is 0 Å². The van der Waals surface area contributed by atoms with Gasteiger partial charge in [-0.1, -0.05) is 12.1 Å². The van der Waals surface area contributed by atoms with Gasteiger partial charge in [0.05, 0.1) is 5.56 Å². The van der Waals surface area contributed by atoms with Crippen LogP contribution in [0.5, 0.6) is 0 Å². The predicted octanol–water partition coefficient (Wildman–Crippen LogP) is 3.42. The molecular formula is C20H26N4O. The number of piperidine rings is 2. The van der Waals surface area contributed by atoms with E-state index in [9.17, 15) is 4.79 Å². The quantitative estimate of drug-likeness (QED) is 0.933. The van der Waals surface area contributed by atoms with Gasteiger partial charge in [0, 0.05) is 49.7 Å². The van der Waals surface area contributed by atoms with Crippen LogP contribution in [0.4, 0.5) is 5.69 Å².